The fraction of sp³-hybridized carbons (Fsp3) is 0.150. The Morgan fingerprint density at radius 2 is 1.89 bits per heavy atom. The minimum atomic E-state index is -0.550. The van der Waals surface area contributed by atoms with Crippen LogP contribution in [0.25, 0.3) is 10.6 Å². The highest BCUT2D eigenvalue weighted by atomic mass is 32.1. The van der Waals surface area contributed by atoms with Gasteiger partial charge >= 0.3 is 0 Å². The van der Waals surface area contributed by atoms with Crippen LogP contribution in [0, 0.1) is 12.7 Å². The zero-order valence-corrected chi connectivity index (χ0v) is 16.1. The van der Waals surface area contributed by atoms with Crippen molar-refractivity contribution in [3.05, 3.63) is 70.5 Å². The monoisotopic (exact) mass is 399 g/mol. The Balaban J connectivity index is 1.60. The average molecular weight is 399 g/mol. The van der Waals surface area contributed by atoms with E-state index in [1.807, 2.05) is 30.3 Å². The second-order valence-electron chi connectivity index (χ2n) is 5.95. The molecular weight excluding hydrogens is 381 g/mol. The summed E-state index contributed by atoms with van der Waals surface area (Å²) >= 11 is 1.24. The lowest BCUT2D eigenvalue weighted by Gasteiger charge is -2.08. The molecule has 0 saturated carbocycles. The molecule has 0 unspecified atom stereocenters. The number of hydrogen-bond donors (Lipinski definition) is 2. The van der Waals surface area contributed by atoms with Gasteiger partial charge in [-0.05, 0) is 24.6 Å². The van der Waals surface area contributed by atoms with E-state index in [9.17, 15) is 14.0 Å². The van der Waals surface area contributed by atoms with E-state index < -0.39 is 17.6 Å². The Bertz CT molecular complexity index is 1010. The number of aryl methyl sites for hydroxylation is 1. The summed E-state index contributed by atoms with van der Waals surface area (Å²) in [5.74, 6) is -1.37. The number of aromatic nitrogens is 1. The summed E-state index contributed by atoms with van der Waals surface area (Å²) in [7, 11) is 1.37. The Morgan fingerprint density at radius 3 is 2.57 bits per heavy atom. The molecule has 28 heavy (non-hydrogen) atoms. The van der Waals surface area contributed by atoms with E-state index in [1.165, 1.54) is 30.6 Å². The van der Waals surface area contributed by atoms with Crippen molar-refractivity contribution in [2.45, 2.75) is 13.3 Å². The zero-order valence-electron chi connectivity index (χ0n) is 15.3. The van der Waals surface area contributed by atoms with Crippen molar-refractivity contribution in [1.29, 1.82) is 0 Å². The van der Waals surface area contributed by atoms with Crippen LogP contribution in [0.5, 0.6) is 5.75 Å². The molecule has 6 nitrogen and oxygen atoms in total. The molecule has 2 N–H and O–H groups in total. The summed E-state index contributed by atoms with van der Waals surface area (Å²) in [6.45, 7) is 1.74. The van der Waals surface area contributed by atoms with E-state index in [1.54, 1.807) is 13.0 Å². The molecule has 1 heterocycles. The first-order valence-corrected chi connectivity index (χ1v) is 9.24. The molecule has 1 aromatic heterocycles. The first kappa shape index (κ1) is 19.5. The van der Waals surface area contributed by atoms with E-state index in [-0.39, 0.29) is 12.2 Å². The fourth-order valence-corrected chi connectivity index (χ4v) is 3.51. The number of rotatable bonds is 5. The molecule has 0 aliphatic carbocycles. The Hall–Kier alpha value is -3.26. The van der Waals surface area contributed by atoms with Gasteiger partial charge in [0.15, 0.2) is 11.6 Å². The van der Waals surface area contributed by atoms with Crippen LogP contribution in [-0.2, 0) is 11.2 Å². The lowest BCUT2D eigenvalue weighted by atomic mass is 10.1. The minimum absolute atomic E-state index is 0.0852. The SMILES string of the molecule is COc1ccc(CC(=O)NNC(=O)c2sc(-c3ccccc3)nc2C)cc1F. The Labute approximate surface area is 165 Å². The predicted octanol–water partition coefficient (Wildman–Crippen LogP) is 3.27. The number of nitrogens with zero attached hydrogens (tertiary/aromatic N) is 1. The highest BCUT2D eigenvalue weighted by Gasteiger charge is 2.17. The molecule has 2 amide bonds. The van der Waals surface area contributed by atoms with Crippen LogP contribution >= 0.6 is 11.3 Å². The molecule has 0 aliphatic heterocycles. The number of carbonyl (C=O) groups excluding carboxylic acids is 2. The van der Waals surface area contributed by atoms with Crippen molar-refractivity contribution in [3.63, 3.8) is 0 Å². The van der Waals surface area contributed by atoms with Crippen molar-refractivity contribution in [2.24, 2.45) is 0 Å². The number of nitrogens with one attached hydrogen (secondary N) is 2. The second kappa shape index (κ2) is 8.62. The van der Waals surface area contributed by atoms with Gasteiger partial charge in [-0.25, -0.2) is 9.37 Å². The molecular formula is C20H18FN3O3S. The zero-order chi connectivity index (χ0) is 20.1. The van der Waals surface area contributed by atoms with E-state index in [2.05, 4.69) is 15.8 Å². The second-order valence-corrected chi connectivity index (χ2v) is 6.95. The number of methoxy groups -OCH3 is 1. The van der Waals surface area contributed by atoms with Gasteiger partial charge in [-0.15, -0.1) is 11.3 Å². The number of carbonyl (C=O) groups is 2. The summed E-state index contributed by atoms with van der Waals surface area (Å²) in [5.41, 5.74) is 6.67. The van der Waals surface area contributed by atoms with E-state index in [0.717, 1.165) is 10.6 Å². The van der Waals surface area contributed by atoms with Crippen molar-refractivity contribution in [3.8, 4) is 16.3 Å². The smallest absolute Gasteiger partial charge is 0.281 e. The molecule has 0 saturated heterocycles. The summed E-state index contributed by atoms with van der Waals surface area (Å²) in [6, 6.07) is 13.8. The molecule has 3 rings (SSSR count). The molecule has 2 aromatic carbocycles. The molecule has 0 atom stereocenters. The van der Waals surface area contributed by atoms with Crippen molar-refractivity contribution in [1.82, 2.24) is 15.8 Å². The molecule has 0 bridgehead atoms. The summed E-state index contributed by atoms with van der Waals surface area (Å²) in [4.78, 5) is 29.2. The van der Waals surface area contributed by atoms with Gasteiger partial charge in [-0.3, -0.25) is 20.4 Å². The van der Waals surface area contributed by atoms with Gasteiger partial charge in [0, 0.05) is 5.56 Å². The van der Waals surface area contributed by atoms with Gasteiger partial charge < -0.3 is 4.74 Å². The normalized spacial score (nSPS) is 10.4. The number of thiazole rings is 1. The lowest BCUT2D eigenvalue weighted by molar-refractivity contribution is -0.121. The number of hydrazine groups is 1. The van der Waals surface area contributed by atoms with E-state index in [4.69, 9.17) is 4.74 Å². The van der Waals surface area contributed by atoms with Crippen LogP contribution in [0.3, 0.4) is 0 Å². The summed E-state index contributed by atoms with van der Waals surface area (Å²) in [6.07, 6.45) is -0.0852. The quantitative estimate of drug-likeness (QED) is 0.646. The van der Waals surface area contributed by atoms with Crippen LogP contribution < -0.4 is 15.6 Å². The van der Waals surface area contributed by atoms with E-state index in [0.29, 0.717) is 16.1 Å². The molecule has 0 radical (unpaired) electrons. The third-order valence-electron chi connectivity index (χ3n) is 3.92. The van der Waals surface area contributed by atoms with Crippen LogP contribution in [0.4, 0.5) is 4.39 Å². The lowest BCUT2D eigenvalue weighted by Crippen LogP contribution is -2.42. The third-order valence-corrected chi connectivity index (χ3v) is 5.13. The van der Waals surface area contributed by atoms with Gasteiger partial charge in [0.1, 0.15) is 9.88 Å². The maximum Gasteiger partial charge on any atom is 0.281 e. The van der Waals surface area contributed by atoms with E-state index >= 15 is 0 Å². The number of hydrogen-bond acceptors (Lipinski definition) is 5. The van der Waals surface area contributed by atoms with Crippen LogP contribution in [-0.4, -0.2) is 23.9 Å². The summed E-state index contributed by atoms with van der Waals surface area (Å²) < 4.78 is 18.5. The number of amides is 2. The predicted molar refractivity (Wildman–Crippen MR) is 105 cm³/mol. The Morgan fingerprint density at radius 1 is 1.14 bits per heavy atom. The molecule has 144 valence electrons. The maximum absolute atomic E-state index is 13.7. The Kier molecular flexibility index (Phi) is 6.00. The minimum Gasteiger partial charge on any atom is -0.494 e. The fourth-order valence-electron chi connectivity index (χ4n) is 2.54. The average Bonchev–Trinajstić information content (AvgIpc) is 3.09. The van der Waals surface area contributed by atoms with Crippen molar-refractivity contribution in [2.75, 3.05) is 7.11 Å². The van der Waals surface area contributed by atoms with Gasteiger partial charge in [0.2, 0.25) is 5.91 Å². The molecule has 0 spiro atoms. The largest absolute Gasteiger partial charge is 0.494 e. The standard InChI is InChI=1S/C20H18FN3O3S/c1-12-18(28-20(22-12)14-6-4-3-5-7-14)19(26)24-23-17(25)11-13-8-9-16(27-2)15(21)10-13/h3-10H,11H2,1-2H3,(H,23,25)(H,24,26). The van der Waals surface area contributed by atoms with Crippen molar-refractivity contribution < 1.29 is 18.7 Å². The number of ether oxygens (including phenoxy) is 1. The molecule has 3 aromatic rings. The summed E-state index contributed by atoms with van der Waals surface area (Å²) in [5, 5.41) is 0.725. The topological polar surface area (TPSA) is 80.3 Å². The van der Waals surface area contributed by atoms with Crippen LogP contribution in [0.15, 0.2) is 48.5 Å². The van der Waals surface area contributed by atoms with Crippen LogP contribution in [0.2, 0.25) is 0 Å². The first-order valence-electron chi connectivity index (χ1n) is 8.42. The maximum atomic E-state index is 13.7. The number of halogens is 1. The van der Waals surface area contributed by atoms with Gasteiger partial charge in [0.25, 0.3) is 5.91 Å². The molecule has 0 aliphatic rings. The molecule has 8 heteroatoms. The van der Waals surface area contributed by atoms with Gasteiger partial charge in [-0.2, -0.15) is 0 Å². The molecule has 0 fully saturated rings. The highest BCUT2D eigenvalue weighted by Crippen LogP contribution is 2.27. The third kappa shape index (κ3) is 4.52. The number of benzene rings is 2. The van der Waals surface area contributed by atoms with Crippen molar-refractivity contribution >= 4 is 23.2 Å². The van der Waals surface area contributed by atoms with Gasteiger partial charge in [0.05, 0.1) is 19.2 Å². The first-order chi connectivity index (χ1) is 13.5. The highest BCUT2D eigenvalue weighted by molar-refractivity contribution is 7.17. The van der Waals surface area contributed by atoms with Gasteiger partial charge in [-0.1, -0.05) is 36.4 Å². The van der Waals surface area contributed by atoms with Crippen LogP contribution in [0.1, 0.15) is 20.9 Å².